The van der Waals surface area contributed by atoms with Gasteiger partial charge >= 0.3 is 0 Å². The molecule has 114 valence electrons. The number of nitrogens with one attached hydrogen (secondary N) is 1. The Labute approximate surface area is 123 Å². The van der Waals surface area contributed by atoms with E-state index < -0.39 is 0 Å². The molecule has 0 aliphatic carbocycles. The second kappa shape index (κ2) is 8.96. The lowest BCUT2D eigenvalue weighted by molar-refractivity contribution is 0.560. The molecule has 1 atom stereocenters. The van der Waals surface area contributed by atoms with Crippen molar-refractivity contribution in [3.8, 4) is 0 Å². The van der Waals surface area contributed by atoms with Crippen molar-refractivity contribution in [1.82, 2.24) is 5.32 Å². The summed E-state index contributed by atoms with van der Waals surface area (Å²) in [6, 6.07) is 5.35. The summed E-state index contributed by atoms with van der Waals surface area (Å²) in [4.78, 5) is 2.35. The maximum atomic E-state index is 13.6. The first-order valence-electron chi connectivity index (χ1n) is 7.91. The summed E-state index contributed by atoms with van der Waals surface area (Å²) < 4.78 is 13.6. The van der Waals surface area contributed by atoms with E-state index in [0.29, 0.717) is 0 Å². The average molecular weight is 280 g/mol. The normalized spacial score (nSPS) is 12.4. The maximum Gasteiger partial charge on any atom is 0.123 e. The summed E-state index contributed by atoms with van der Waals surface area (Å²) in [7, 11) is 0. The molecule has 0 spiro atoms. The third kappa shape index (κ3) is 4.78. The van der Waals surface area contributed by atoms with Gasteiger partial charge in [0.15, 0.2) is 0 Å². The average Bonchev–Trinajstić information content (AvgIpc) is 2.46. The molecule has 0 saturated heterocycles. The van der Waals surface area contributed by atoms with Crippen LogP contribution in [0.3, 0.4) is 0 Å². The summed E-state index contributed by atoms with van der Waals surface area (Å²) in [5, 5.41) is 3.46. The van der Waals surface area contributed by atoms with E-state index in [1.54, 1.807) is 12.1 Å². The molecule has 1 rings (SSSR count). The fourth-order valence-corrected chi connectivity index (χ4v) is 2.43. The third-order valence-electron chi connectivity index (χ3n) is 3.66. The van der Waals surface area contributed by atoms with Gasteiger partial charge in [0.05, 0.1) is 0 Å². The minimum Gasteiger partial charge on any atom is -0.372 e. The summed E-state index contributed by atoms with van der Waals surface area (Å²) in [6.45, 7) is 11.6. The fraction of sp³-hybridized carbons (Fsp3) is 0.647. The quantitative estimate of drug-likeness (QED) is 0.716. The van der Waals surface area contributed by atoms with Gasteiger partial charge in [0.2, 0.25) is 0 Å². The van der Waals surface area contributed by atoms with E-state index >= 15 is 0 Å². The number of hydrogen-bond acceptors (Lipinski definition) is 2. The topological polar surface area (TPSA) is 15.3 Å². The molecule has 0 aliphatic rings. The molecule has 0 aromatic heterocycles. The molecule has 0 heterocycles. The minimum absolute atomic E-state index is 0.152. The van der Waals surface area contributed by atoms with Gasteiger partial charge in [0.1, 0.15) is 5.82 Å². The number of nitrogens with zero attached hydrogens (tertiary/aromatic N) is 1. The van der Waals surface area contributed by atoms with E-state index in [0.717, 1.165) is 31.6 Å². The second-order valence-electron chi connectivity index (χ2n) is 5.31. The molecule has 0 aliphatic heterocycles. The van der Waals surface area contributed by atoms with Crippen molar-refractivity contribution in [1.29, 1.82) is 0 Å². The maximum absolute atomic E-state index is 13.6. The number of anilines is 1. The first-order valence-corrected chi connectivity index (χ1v) is 7.91. The molecule has 1 N–H and O–H groups in total. The minimum atomic E-state index is -0.152. The molecular formula is C17H29FN2. The predicted molar refractivity (Wildman–Crippen MR) is 85.9 cm³/mol. The van der Waals surface area contributed by atoms with Gasteiger partial charge in [-0.2, -0.15) is 0 Å². The lowest BCUT2D eigenvalue weighted by Gasteiger charge is -2.28. The van der Waals surface area contributed by atoms with Crippen LogP contribution in [0.1, 0.15) is 58.6 Å². The molecule has 2 nitrogen and oxygen atoms in total. The van der Waals surface area contributed by atoms with Crippen LogP contribution in [0.5, 0.6) is 0 Å². The molecule has 20 heavy (non-hydrogen) atoms. The van der Waals surface area contributed by atoms with Crippen molar-refractivity contribution < 1.29 is 4.39 Å². The Hall–Kier alpha value is -1.09. The van der Waals surface area contributed by atoms with E-state index in [1.165, 1.54) is 18.5 Å². The summed E-state index contributed by atoms with van der Waals surface area (Å²) >= 11 is 0. The first kappa shape index (κ1) is 17.0. The van der Waals surface area contributed by atoms with Crippen molar-refractivity contribution in [3.63, 3.8) is 0 Å². The van der Waals surface area contributed by atoms with Crippen LogP contribution in [0.25, 0.3) is 0 Å². The monoisotopic (exact) mass is 280 g/mol. The largest absolute Gasteiger partial charge is 0.372 e. The number of unbranched alkanes of at least 4 members (excludes halogenated alkanes) is 1. The number of benzene rings is 1. The van der Waals surface area contributed by atoms with Gasteiger partial charge in [-0.3, -0.25) is 0 Å². The molecule has 1 unspecified atom stereocenters. The molecule has 1 aromatic carbocycles. The fourth-order valence-electron chi connectivity index (χ4n) is 2.43. The van der Waals surface area contributed by atoms with E-state index in [-0.39, 0.29) is 11.9 Å². The third-order valence-corrected chi connectivity index (χ3v) is 3.66. The number of rotatable bonds is 9. The van der Waals surface area contributed by atoms with E-state index in [1.807, 2.05) is 6.07 Å². The summed E-state index contributed by atoms with van der Waals surface area (Å²) in [5.74, 6) is -0.152. The predicted octanol–water partition coefficient (Wildman–Crippen LogP) is 4.51. The molecule has 3 heteroatoms. The Morgan fingerprint density at radius 3 is 2.55 bits per heavy atom. The van der Waals surface area contributed by atoms with E-state index in [9.17, 15) is 4.39 Å². The Morgan fingerprint density at radius 2 is 1.95 bits per heavy atom. The van der Waals surface area contributed by atoms with Crippen LogP contribution in [-0.4, -0.2) is 19.6 Å². The van der Waals surface area contributed by atoms with Crippen LogP contribution in [0.15, 0.2) is 18.2 Å². The van der Waals surface area contributed by atoms with Crippen LogP contribution in [0.2, 0.25) is 0 Å². The van der Waals surface area contributed by atoms with Crippen molar-refractivity contribution >= 4 is 5.69 Å². The number of halogens is 1. The summed E-state index contributed by atoms with van der Waals surface area (Å²) in [6.07, 6.45) is 3.43. The van der Waals surface area contributed by atoms with Gasteiger partial charge in [-0.05, 0) is 57.0 Å². The van der Waals surface area contributed by atoms with Crippen molar-refractivity contribution in [2.45, 2.75) is 53.0 Å². The highest BCUT2D eigenvalue weighted by atomic mass is 19.1. The Kier molecular flexibility index (Phi) is 7.60. The molecule has 1 aromatic rings. The zero-order valence-electron chi connectivity index (χ0n) is 13.4. The second-order valence-corrected chi connectivity index (χ2v) is 5.31. The molecular weight excluding hydrogens is 251 g/mol. The highest BCUT2D eigenvalue weighted by Crippen LogP contribution is 2.27. The molecule has 0 amide bonds. The van der Waals surface area contributed by atoms with Gasteiger partial charge in [-0.1, -0.05) is 20.3 Å². The highest BCUT2D eigenvalue weighted by Gasteiger charge is 2.15. The van der Waals surface area contributed by atoms with E-state index in [2.05, 4.69) is 37.9 Å². The SMILES string of the molecule is CCCCN(CC)c1ccc(F)cc1C(C)NCCC. The van der Waals surface area contributed by atoms with Gasteiger partial charge in [-0.25, -0.2) is 4.39 Å². The molecule has 0 bridgehead atoms. The Morgan fingerprint density at radius 1 is 1.20 bits per heavy atom. The van der Waals surface area contributed by atoms with Crippen molar-refractivity contribution in [2.75, 3.05) is 24.5 Å². The summed E-state index contributed by atoms with van der Waals surface area (Å²) in [5.41, 5.74) is 2.23. The highest BCUT2D eigenvalue weighted by molar-refractivity contribution is 5.55. The standard InChI is InChI=1S/C17H29FN2/c1-5-8-12-20(7-3)17-10-9-15(18)13-16(17)14(4)19-11-6-2/h9-10,13-14,19H,5-8,11-12H2,1-4H3. The lowest BCUT2D eigenvalue weighted by Crippen LogP contribution is -2.28. The van der Waals surface area contributed by atoms with Crippen LogP contribution in [-0.2, 0) is 0 Å². The van der Waals surface area contributed by atoms with Gasteiger partial charge in [0, 0.05) is 24.8 Å². The van der Waals surface area contributed by atoms with Crippen molar-refractivity contribution in [2.24, 2.45) is 0 Å². The molecule has 0 saturated carbocycles. The van der Waals surface area contributed by atoms with Gasteiger partial charge < -0.3 is 10.2 Å². The van der Waals surface area contributed by atoms with Crippen LogP contribution in [0.4, 0.5) is 10.1 Å². The molecule has 0 fully saturated rings. The van der Waals surface area contributed by atoms with Crippen molar-refractivity contribution in [3.05, 3.63) is 29.6 Å². The van der Waals surface area contributed by atoms with Crippen LogP contribution < -0.4 is 10.2 Å². The smallest absolute Gasteiger partial charge is 0.123 e. The number of hydrogen-bond donors (Lipinski definition) is 1. The van der Waals surface area contributed by atoms with Crippen LogP contribution >= 0.6 is 0 Å². The molecule has 0 radical (unpaired) electrons. The lowest BCUT2D eigenvalue weighted by atomic mass is 10.0. The Bertz CT molecular complexity index is 393. The van der Waals surface area contributed by atoms with E-state index in [4.69, 9.17) is 0 Å². The van der Waals surface area contributed by atoms with Gasteiger partial charge in [0.25, 0.3) is 0 Å². The zero-order valence-corrected chi connectivity index (χ0v) is 13.4. The van der Waals surface area contributed by atoms with Crippen LogP contribution in [0, 0.1) is 5.82 Å². The first-order chi connectivity index (χ1) is 9.63. The Balaban J connectivity index is 2.98. The van der Waals surface area contributed by atoms with Gasteiger partial charge in [-0.15, -0.1) is 0 Å². The zero-order chi connectivity index (χ0) is 15.0.